The van der Waals surface area contributed by atoms with Crippen molar-refractivity contribution in [3.8, 4) is 28.3 Å². The Labute approximate surface area is 182 Å². The zero-order chi connectivity index (χ0) is 20.9. The van der Waals surface area contributed by atoms with E-state index in [1.807, 2.05) is 59.5 Å². The minimum atomic E-state index is 0.469. The lowest BCUT2D eigenvalue weighted by atomic mass is 10.0. The van der Waals surface area contributed by atoms with Crippen molar-refractivity contribution in [2.24, 2.45) is 0 Å². The molecule has 1 aromatic heterocycles. The van der Waals surface area contributed by atoms with Gasteiger partial charge in [0.15, 0.2) is 0 Å². The molecule has 3 aromatic carbocycles. The first-order valence-corrected chi connectivity index (χ1v) is 10.5. The second kappa shape index (κ2) is 9.01. The maximum Gasteiger partial charge on any atom is 0.264 e. The first kappa shape index (κ1) is 20.0. The molecule has 4 rings (SSSR count). The first-order valence-electron chi connectivity index (χ1n) is 10.1. The molecule has 0 unspecified atom stereocenters. The van der Waals surface area contributed by atoms with Crippen molar-refractivity contribution < 1.29 is 4.74 Å². The number of thiocarbonyl (C=S) groups is 1. The molecule has 1 heterocycles. The maximum atomic E-state index is 5.92. The second-order valence-electron chi connectivity index (χ2n) is 6.84. The van der Waals surface area contributed by atoms with Gasteiger partial charge in [-0.1, -0.05) is 60.7 Å². The van der Waals surface area contributed by atoms with Crippen molar-refractivity contribution in [1.82, 2.24) is 14.9 Å². The van der Waals surface area contributed by atoms with Crippen LogP contribution in [0.3, 0.4) is 0 Å². The molecule has 0 spiro atoms. The Bertz CT molecular complexity index is 1160. The third kappa shape index (κ3) is 4.16. The molecular formula is C25H23N3OS. The predicted octanol–water partition coefficient (Wildman–Crippen LogP) is 5.97. The lowest BCUT2D eigenvalue weighted by molar-refractivity contribution is 0.379. The molecule has 0 aliphatic rings. The van der Waals surface area contributed by atoms with E-state index in [9.17, 15) is 0 Å². The van der Waals surface area contributed by atoms with Crippen molar-refractivity contribution in [2.75, 3.05) is 13.1 Å². The van der Waals surface area contributed by atoms with E-state index < -0.39 is 0 Å². The summed E-state index contributed by atoms with van der Waals surface area (Å²) in [6.07, 6.45) is 0. The quantitative estimate of drug-likeness (QED) is 0.377. The summed E-state index contributed by atoms with van der Waals surface area (Å²) in [7, 11) is 0. The average molecular weight is 414 g/mol. The summed E-state index contributed by atoms with van der Waals surface area (Å²) in [5.74, 6) is 0.667. The van der Waals surface area contributed by atoms with Crippen LogP contribution in [-0.2, 0) is 0 Å². The van der Waals surface area contributed by atoms with Crippen LogP contribution in [0.4, 0.5) is 0 Å². The van der Waals surface area contributed by atoms with Crippen LogP contribution in [0.5, 0.6) is 5.75 Å². The van der Waals surface area contributed by atoms with Gasteiger partial charge in [0.25, 0.3) is 5.17 Å². The van der Waals surface area contributed by atoms with Gasteiger partial charge in [-0.05, 0) is 38.2 Å². The Kier molecular flexibility index (Phi) is 6.00. The molecule has 0 amide bonds. The molecule has 30 heavy (non-hydrogen) atoms. The van der Waals surface area contributed by atoms with Crippen LogP contribution in [0.1, 0.15) is 13.8 Å². The molecule has 0 atom stereocenters. The maximum absolute atomic E-state index is 5.92. The van der Waals surface area contributed by atoms with Gasteiger partial charge in [0.2, 0.25) is 0 Å². The Morgan fingerprint density at radius 1 is 0.767 bits per heavy atom. The number of rotatable bonds is 5. The Morgan fingerprint density at radius 3 is 1.83 bits per heavy atom. The van der Waals surface area contributed by atoms with Crippen LogP contribution >= 0.6 is 12.2 Å². The highest BCUT2D eigenvalue weighted by Gasteiger charge is 2.14. The van der Waals surface area contributed by atoms with Crippen LogP contribution in [0.25, 0.3) is 33.5 Å². The SMILES string of the molecule is CCN(CC)C(=S)Oc1ccc2nc(-c3ccccc3)c(-c3ccccc3)nc2c1. The fraction of sp³-hybridized carbons (Fsp3) is 0.160. The summed E-state index contributed by atoms with van der Waals surface area (Å²) in [6.45, 7) is 5.73. The van der Waals surface area contributed by atoms with Gasteiger partial charge in [-0.3, -0.25) is 0 Å². The zero-order valence-corrected chi connectivity index (χ0v) is 17.9. The fourth-order valence-corrected chi connectivity index (χ4v) is 3.69. The monoisotopic (exact) mass is 413 g/mol. The summed E-state index contributed by atoms with van der Waals surface area (Å²) >= 11 is 5.43. The largest absolute Gasteiger partial charge is 0.432 e. The van der Waals surface area contributed by atoms with Gasteiger partial charge in [0.1, 0.15) is 5.75 Å². The minimum absolute atomic E-state index is 0.469. The van der Waals surface area contributed by atoms with Crippen molar-refractivity contribution in [3.05, 3.63) is 78.9 Å². The van der Waals surface area contributed by atoms with E-state index >= 15 is 0 Å². The number of hydrogen-bond acceptors (Lipinski definition) is 4. The molecule has 0 aliphatic heterocycles. The van der Waals surface area contributed by atoms with E-state index in [1.54, 1.807) is 0 Å². The van der Waals surface area contributed by atoms with E-state index in [0.29, 0.717) is 10.9 Å². The normalized spacial score (nSPS) is 10.7. The van der Waals surface area contributed by atoms with Crippen LogP contribution in [-0.4, -0.2) is 33.1 Å². The van der Waals surface area contributed by atoms with E-state index in [-0.39, 0.29) is 0 Å². The molecule has 0 radical (unpaired) electrons. The van der Waals surface area contributed by atoms with Gasteiger partial charge in [0.05, 0.1) is 22.4 Å². The molecular weight excluding hydrogens is 390 g/mol. The molecule has 0 bridgehead atoms. The number of benzene rings is 3. The van der Waals surface area contributed by atoms with E-state index in [1.165, 1.54) is 0 Å². The van der Waals surface area contributed by atoms with E-state index in [0.717, 1.165) is 46.6 Å². The smallest absolute Gasteiger partial charge is 0.264 e. The Hall–Kier alpha value is -3.31. The summed E-state index contributed by atoms with van der Waals surface area (Å²) in [5.41, 5.74) is 5.35. The molecule has 150 valence electrons. The van der Waals surface area contributed by atoms with Gasteiger partial charge in [-0.15, -0.1) is 0 Å². The number of hydrogen-bond donors (Lipinski definition) is 0. The molecule has 0 fully saturated rings. The predicted molar refractivity (Wildman–Crippen MR) is 127 cm³/mol. The number of aromatic nitrogens is 2. The standard InChI is InChI=1S/C25H23N3OS/c1-3-28(4-2)25(30)29-20-15-16-21-22(17-20)27-24(19-13-9-6-10-14-19)23(26-21)18-11-7-5-8-12-18/h5-17H,3-4H2,1-2H3. The molecule has 0 N–H and O–H groups in total. The third-order valence-electron chi connectivity index (χ3n) is 4.96. The van der Waals surface area contributed by atoms with Crippen LogP contribution in [0, 0.1) is 0 Å². The van der Waals surface area contributed by atoms with E-state index in [4.69, 9.17) is 26.9 Å². The number of fused-ring (bicyclic) bond motifs is 1. The Morgan fingerprint density at radius 2 is 1.30 bits per heavy atom. The minimum Gasteiger partial charge on any atom is -0.432 e. The highest BCUT2D eigenvalue weighted by atomic mass is 32.1. The van der Waals surface area contributed by atoms with Crippen molar-refractivity contribution in [2.45, 2.75) is 13.8 Å². The molecule has 0 saturated heterocycles. The van der Waals surface area contributed by atoms with Crippen molar-refractivity contribution in [3.63, 3.8) is 0 Å². The average Bonchev–Trinajstić information content (AvgIpc) is 2.80. The van der Waals surface area contributed by atoms with Crippen LogP contribution in [0.2, 0.25) is 0 Å². The lowest BCUT2D eigenvalue weighted by Gasteiger charge is -2.21. The summed E-state index contributed by atoms with van der Waals surface area (Å²) in [6, 6.07) is 26.0. The van der Waals surface area contributed by atoms with Gasteiger partial charge in [-0.25, -0.2) is 9.97 Å². The fourth-order valence-electron chi connectivity index (χ4n) is 3.34. The Balaban J connectivity index is 1.81. The lowest BCUT2D eigenvalue weighted by Crippen LogP contribution is -2.32. The van der Waals surface area contributed by atoms with Crippen LogP contribution < -0.4 is 4.74 Å². The second-order valence-corrected chi connectivity index (χ2v) is 7.19. The molecule has 0 saturated carbocycles. The van der Waals surface area contributed by atoms with Crippen LogP contribution in [0.15, 0.2) is 78.9 Å². The highest BCUT2D eigenvalue weighted by molar-refractivity contribution is 7.80. The third-order valence-corrected chi connectivity index (χ3v) is 5.30. The number of ether oxygens (including phenoxy) is 1. The van der Waals surface area contributed by atoms with Gasteiger partial charge >= 0.3 is 0 Å². The molecule has 4 aromatic rings. The summed E-state index contributed by atoms with van der Waals surface area (Å²) < 4.78 is 5.92. The molecule has 4 nitrogen and oxygen atoms in total. The summed E-state index contributed by atoms with van der Waals surface area (Å²) in [4.78, 5) is 11.9. The van der Waals surface area contributed by atoms with Crippen molar-refractivity contribution in [1.29, 1.82) is 0 Å². The zero-order valence-electron chi connectivity index (χ0n) is 17.1. The van der Waals surface area contributed by atoms with Crippen molar-refractivity contribution >= 4 is 28.4 Å². The van der Waals surface area contributed by atoms with Gasteiger partial charge < -0.3 is 9.64 Å². The topological polar surface area (TPSA) is 38.2 Å². The van der Waals surface area contributed by atoms with Gasteiger partial charge in [0, 0.05) is 30.3 Å². The first-order chi connectivity index (χ1) is 14.7. The van der Waals surface area contributed by atoms with Gasteiger partial charge in [-0.2, -0.15) is 0 Å². The summed E-state index contributed by atoms with van der Waals surface area (Å²) in [5, 5.41) is 0.469. The van der Waals surface area contributed by atoms with E-state index in [2.05, 4.69) is 38.1 Å². The molecule has 5 heteroatoms. The number of nitrogens with zero attached hydrogens (tertiary/aromatic N) is 3. The highest BCUT2D eigenvalue weighted by Crippen LogP contribution is 2.31. The molecule has 0 aliphatic carbocycles.